The summed E-state index contributed by atoms with van der Waals surface area (Å²) in [6.45, 7) is 0. The number of fused-ring (bicyclic) bond motifs is 1. The Morgan fingerprint density at radius 1 is 1.04 bits per heavy atom. The standard InChI is InChI=1S/C20H15ClN4O/c21-16-3-1-2-13(9-16)8-14-4-6-17(23-10-14)18-12-25-11-15(20(22)26)5-7-19(25)24-18/h1-7,9-12H,8H2,(H2,22,26). The number of amides is 1. The number of carbonyl (C=O) groups is 1. The van der Waals surface area contributed by atoms with Crippen LogP contribution in [0.15, 0.2) is 67.1 Å². The summed E-state index contributed by atoms with van der Waals surface area (Å²) in [7, 11) is 0. The maximum Gasteiger partial charge on any atom is 0.250 e. The van der Waals surface area contributed by atoms with Crippen molar-refractivity contribution in [2.24, 2.45) is 5.73 Å². The SMILES string of the molecule is NC(=O)c1ccc2nc(-c3ccc(Cc4cccc(Cl)c4)cn3)cn2c1. The zero-order chi connectivity index (χ0) is 18.1. The highest BCUT2D eigenvalue weighted by Gasteiger charge is 2.08. The molecule has 1 amide bonds. The van der Waals surface area contributed by atoms with Crippen LogP contribution in [-0.4, -0.2) is 20.3 Å². The molecule has 3 heterocycles. The van der Waals surface area contributed by atoms with Gasteiger partial charge in [0.25, 0.3) is 0 Å². The Kier molecular flexibility index (Phi) is 4.14. The fourth-order valence-corrected chi connectivity index (χ4v) is 3.04. The van der Waals surface area contributed by atoms with Gasteiger partial charge >= 0.3 is 0 Å². The van der Waals surface area contributed by atoms with E-state index in [1.165, 1.54) is 0 Å². The Hall–Kier alpha value is -3.18. The molecule has 0 saturated heterocycles. The molecule has 0 radical (unpaired) electrons. The molecule has 0 spiro atoms. The van der Waals surface area contributed by atoms with E-state index in [4.69, 9.17) is 17.3 Å². The lowest BCUT2D eigenvalue weighted by Gasteiger charge is -2.03. The molecule has 2 N–H and O–H groups in total. The van der Waals surface area contributed by atoms with Crippen molar-refractivity contribution in [3.05, 3.63) is 88.8 Å². The van der Waals surface area contributed by atoms with Gasteiger partial charge in [-0.3, -0.25) is 9.78 Å². The van der Waals surface area contributed by atoms with Crippen LogP contribution in [0.4, 0.5) is 0 Å². The second-order valence-corrected chi connectivity index (χ2v) is 6.47. The van der Waals surface area contributed by atoms with Crippen LogP contribution in [0.3, 0.4) is 0 Å². The molecule has 0 aliphatic carbocycles. The van der Waals surface area contributed by atoms with E-state index in [1.54, 1.807) is 22.7 Å². The Bertz CT molecular complexity index is 1100. The molecule has 0 aliphatic rings. The summed E-state index contributed by atoms with van der Waals surface area (Å²) in [6.07, 6.45) is 6.11. The fraction of sp³-hybridized carbons (Fsp3) is 0.0500. The lowest BCUT2D eigenvalue weighted by atomic mass is 10.1. The third-order valence-corrected chi connectivity index (χ3v) is 4.36. The molecule has 128 valence electrons. The number of hydrogen-bond acceptors (Lipinski definition) is 3. The zero-order valence-electron chi connectivity index (χ0n) is 13.8. The smallest absolute Gasteiger partial charge is 0.250 e. The molecule has 0 unspecified atom stereocenters. The number of primary amides is 1. The van der Waals surface area contributed by atoms with Crippen LogP contribution in [-0.2, 0) is 6.42 Å². The molecule has 5 nitrogen and oxygen atoms in total. The molecule has 0 fully saturated rings. The minimum absolute atomic E-state index is 0.436. The average Bonchev–Trinajstić information content (AvgIpc) is 3.05. The first kappa shape index (κ1) is 16.3. The van der Waals surface area contributed by atoms with E-state index >= 15 is 0 Å². The van der Waals surface area contributed by atoms with Gasteiger partial charge in [-0.2, -0.15) is 0 Å². The lowest BCUT2D eigenvalue weighted by molar-refractivity contribution is 0.1000. The van der Waals surface area contributed by atoms with Crippen molar-refractivity contribution in [1.29, 1.82) is 0 Å². The Morgan fingerprint density at radius 2 is 1.92 bits per heavy atom. The van der Waals surface area contributed by atoms with E-state index in [0.717, 1.165) is 39.6 Å². The molecule has 3 aromatic heterocycles. The van der Waals surface area contributed by atoms with Gasteiger partial charge in [0.05, 0.1) is 11.3 Å². The summed E-state index contributed by atoms with van der Waals surface area (Å²) in [6, 6.07) is 15.2. The second kappa shape index (κ2) is 6.61. The number of aromatic nitrogens is 3. The summed E-state index contributed by atoms with van der Waals surface area (Å²) >= 11 is 6.03. The van der Waals surface area contributed by atoms with Crippen LogP contribution < -0.4 is 5.73 Å². The predicted molar refractivity (Wildman–Crippen MR) is 101 cm³/mol. The monoisotopic (exact) mass is 362 g/mol. The highest BCUT2D eigenvalue weighted by atomic mass is 35.5. The molecular weight excluding hydrogens is 348 g/mol. The molecular formula is C20H15ClN4O. The number of benzene rings is 1. The maximum atomic E-state index is 11.3. The number of nitrogens with two attached hydrogens (primary N) is 1. The van der Waals surface area contributed by atoms with Gasteiger partial charge in [0, 0.05) is 23.6 Å². The fourth-order valence-electron chi connectivity index (χ4n) is 2.82. The van der Waals surface area contributed by atoms with Crippen molar-refractivity contribution in [1.82, 2.24) is 14.4 Å². The Morgan fingerprint density at radius 3 is 2.65 bits per heavy atom. The lowest BCUT2D eigenvalue weighted by Crippen LogP contribution is -2.11. The van der Waals surface area contributed by atoms with Crippen LogP contribution in [0.25, 0.3) is 17.0 Å². The van der Waals surface area contributed by atoms with E-state index in [9.17, 15) is 4.79 Å². The highest BCUT2D eigenvalue weighted by Crippen LogP contribution is 2.19. The quantitative estimate of drug-likeness (QED) is 0.601. The van der Waals surface area contributed by atoms with Crippen molar-refractivity contribution in [3.63, 3.8) is 0 Å². The van der Waals surface area contributed by atoms with Gasteiger partial charge in [-0.15, -0.1) is 0 Å². The van der Waals surface area contributed by atoms with Gasteiger partial charge in [-0.1, -0.05) is 29.8 Å². The van der Waals surface area contributed by atoms with Gasteiger partial charge in [-0.05, 0) is 47.9 Å². The summed E-state index contributed by atoms with van der Waals surface area (Å²) in [4.78, 5) is 20.4. The minimum atomic E-state index is -0.467. The largest absolute Gasteiger partial charge is 0.366 e. The first-order valence-electron chi connectivity index (χ1n) is 8.07. The number of halogens is 1. The molecule has 6 heteroatoms. The molecule has 0 aliphatic heterocycles. The summed E-state index contributed by atoms with van der Waals surface area (Å²) < 4.78 is 1.77. The molecule has 0 bridgehead atoms. The number of hydrogen-bond donors (Lipinski definition) is 1. The third-order valence-electron chi connectivity index (χ3n) is 4.12. The first-order chi connectivity index (χ1) is 12.6. The molecule has 0 saturated carbocycles. The number of pyridine rings is 2. The molecule has 4 rings (SSSR count). The van der Waals surface area contributed by atoms with Gasteiger partial charge in [-0.25, -0.2) is 4.98 Å². The van der Waals surface area contributed by atoms with Crippen molar-refractivity contribution < 1.29 is 4.79 Å². The van der Waals surface area contributed by atoms with Crippen LogP contribution in [0, 0.1) is 0 Å². The van der Waals surface area contributed by atoms with Gasteiger partial charge < -0.3 is 10.1 Å². The van der Waals surface area contributed by atoms with Crippen molar-refractivity contribution in [3.8, 4) is 11.4 Å². The van der Waals surface area contributed by atoms with E-state index in [-0.39, 0.29) is 0 Å². The number of nitrogens with zero attached hydrogens (tertiary/aromatic N) is 3. The summed E-state index contributed by atoms with van der Waals surface area (Å²) in [5, 5.41) is 0.729. The van der Waals surface area contributed by atoms with Crippen molar-refractivity contribution >= 4 is 23.2 Å². The predicted octanol–water partition coefficient (Wildman–Crippen LogP) is 3.74. The number of carbonyl (C=O) groups excluding carboxylic acids is 1. The number of rotatable bonds is 4. The van der Waals surface area contributed by atoms with Crippen LogP contribution in [0.2, 0.25) is 5.02 Å². The summed E-state index contributed by atoms with van der Waals surface area (Å²) in [5.74, 6) is -0.467. The van der Waals surface area contributed by atoms with Gasteiger partial charge in [0.2, 0.25) is 5.91 Å². The Labute approximate surface area is 155 Å². The Balaban J connectivity index is 1.60. The van der Waals surface area contributed by atoms with Crippen LogP contribution >= 0.6 is 11.6 Å². The second-order valence-electron chi connectivity index (χ2n) is 6.03. The maximum absolute atomic E-state index is 11.3. The molecule has 4 aromatic rings. The van der Waals surface area contributed by atoms with E-state index in [0.29, 0.717) is 5.56 Å². The van der Waals surface area contributed by atoms with Crippen LogP contribution in [0.5, 0.6) is 0 Å². The minimum Gasteiger partial charge on any atom is -0.366 e. The molecule has 26 heavy (non-hydrogen) atoms. The highest BCUT2D eigenvalue weighted by molar-refractivity contribution is 6.30. The normalized spacial score (nSPS) is 11.0. The molecule has 1 aromatic carbocycles. The van der Waals surface area contributed by atoms with Gasteiger partial charge in [0.1, 0.15) is 11.3 Å². The molecule has 0 atom stereocenters. The first-order valence-corrected chi connectivity index (χ1v) is 8.44. The summed E-state index contributed by atoms with van der Waals surface area (Å²) in [5.41, 5.74) is 10.2. The van der Waals surface area contributed by atoms with Gasteiger partial charge in [0.15, 0.2) is 0 Å². The van der Waals surface area contributed by atoms with Crippen molar-refractivity contribution in [2.75, 3.05) is 0 Å². The van der Waals surface area contributed by atoms with Crippen molar-refractivity contribution in [2.45, 2.75) is 6.42 Å². The topological polar surface area (TPSA) is 73.3 Å². The van der Waals surface area contributed by atoms with E-state index < -0.39 is 5.91 Å². The average molecular weight is 363 g/mol. The third kappa shape index (κ3) is 3.30. The van der Waals surface area contributed by atoms with Crippen LogP contribution in [0.1, 0.15) is 21.5 Å². The van der Waals surface area contributed by atoms with E-state index in [2.05, 4.69) is 9.97 Å². The number of imidazole rings is 1. The zero-order valence-corrected chi connectivity index (χ0v) is 14.5. The van der Waals surface area contributed by atoms with E-state index in [1.807, 2.05) is 48.8 Å².